The molecule has 2 aromatic rings. The fourth-order valence-corrected chi connectivity index (χ4v) is 2.84. The Kier molecular flexibility index (Phi) is 3.28. The summed E-state index contributed by atoms with van der Waals surface area (Å²) in [6, 6.07) is 4.46. The van der Waals surface area contributed by atoms with Crippen LogP contribution in [0.25, 0.3) is 5.69 Å². The molecule has 6 heteroatoms. The Morgan fingerprint density at radius 1 is 1.24 bits per heavy atom. The van der Waals surface area contributed by atoms with Gasteiger partial charge in [-0.25, -0.2) is 4.98 Å². The first kappa shape index (κ1) is 14.1. The van der Waals surface area contributed by atoms with Crippen molar-refractivity contribution in [1.82, 2.24) is 14.9 Å². The highest BCUT2D eigenvalue weighted by atomic mass is 19.4. The van der Waals surface area contributed by atoms with Crippen molar-refractivity contribution in [2.24, 2.45) is 0 Å². The van der Waals surface area contributed by atoms with Crippen LogP contribution in [-0.4, -0.2) is 16.1 Å². The second kappa shape index (κ2) is 4.87. The fraction of sp³-hybridized carbons (Fsp3) is 0.400. The smallest absolute Gasteiger partial charge is 0.311 e. The molecule has 1 aromatic carbocycles. The molecular formula is C15H16F3N3. The minimum atomic E-state index is -4.34. The van der Waals surface area contributed by atoms with Crippen LogP contribution in [0.15, 0.2) is 18.2 Å². The van der Waals surface area contributed by atoms with Crippen molar-refractivity contribution < 1.29 is 13.2 Å². The first-order valence-corrected chi connectivity index (χ1v) is 6.84. The van der Waals surface area contributed by atoms with Gasteiger partial charge in [0.05, 0.1) is 11.3 Å². The lowest BCUT2D eigenvalue weighted by Crippen LogP contribution is -2.24. The third kappa shape index (κ3) is 2.44. The lowest BCUT2D eigenvalue weighted by molar-refractivity contribution is -0.138. The molecular weight excluding hydrogens is 279 g/mol. The maximum Gasteiger partial charge on any atom is 0.416 e. The predicted octanol–water partition coefficient (Wildman–Crippen LogP) is 3.15. The van der Waals surface area contributed by atoms with Gasteiger partial charge in [0.2, 0.25) is 0 Å². The number of aromatic nitrogens is 2. The van der Waals surface area contributed by atoms with Crippen LogP contribution in [0.3, 0.4) is 0 Å². The van der Waals surface area contributed by atoms with E-state index >= 15 is 0 Å². The average Bonchev–Trinajstić information content (AvgIpc) is 2.74. The zero-order valence-electron chi connectivity index (χ0n) is 11.9. The van der Waals surface area contributed by atoms with Crippen LogP contribution in [-0.2, 0) is 19.1 Å². The average molecular weight is 295 g/mol. The van der Waals surface area contributed by atoms with E-state index in [9.17, 15) is 13.2 Å². The molecule has 0 unspecified atom stereocenters. The van der Waals surface area contributed by atoms with Gasteiger partial charge in [0.25, 0.3) is 0 Å². The van der Waals surface area contributed by atoms with Gasteiger partial charge in [-0.15, -0.1) is 0 Å². The van der Waals surface area contributed by atoms with Gasteiger partial charge < -0.3 is 9.88 Å². The number of rotatable bonds is 1. The van der Waals surface area contributed by atoms with E-state index in [2.05, 4.69) is 10.3 Å². The van der Waals surface area contributed by atoms with Gasteiger partial charge in [0, 0.05) is 30.9 Å². The molecule has 1 aliphatic rings. The second-order valence-electron chi connectivity index (χ2n) is 5.31. The number of alkyl halides is 3. The highest BCUT2D eigenvalue weighted by Crippen LogP contribution is 2.34. The third-order valence-electron chi connectivity index (χ3n) is 3.84. The molecule has 2 heterocycles. The van der Waals surface area contributed by atoms with Crippen molar-refractivity contribution >= 4 is 0 Å². The molecule has 1 aliphatic heterocycles. The van der Waals surface area contributed by atoms with Crippen LogP contribution in [0.2, 0.25) is 0 Å². The Morgan fingerprint density at radius 2 is 2.00 bits per heavy atom. The molecule has 1 N–H and O–H groups in total. The molecule has 0 atom stereocenters. The summed E-state index contributed by atoms with van der Waals surface area (Å²) in [5.74, 6) is 0.723. The quantitative estimate of drug-likeness (QED) is 0.876. The molecule has 0 amide bonds. The van der Waals surface area contributed by atoms with E-state index in [4.69, 9.17) is 0 Å². The molecule has 3 nitrogen and oxygen atoms in total. The van der Waals surface area contributed by atoms with Gasteiger partial charge in [-0.2, -0.15) is 13.2 Å². The lowest BCUT2D eigenvalue weighted by atomic mass is 10.1. The standard InChI is InChI=1S/C15H16F3N3/c1-9-3-4-11(7-12(9)15(16,17)18)21-10(2)20-13-8-19-6-5-14(13)21/h3-4,7,19H,5-6,8H2,1-2H3. The van der Waals surface area contributed by atoms with Crippen molar-refractivity contribution in [1.29, 1.82) is 0 Å². The largest absolute Gasteiger partial charge is 0.416 e. The normalized spacial score (nSPS) is 15.1. The number of benzene rings is 1. The SMILES string of the molecule is Cc1ccc(-n2c(C)nc3c2CCNC3)cc1C(F)(F)F. The Hall–Kier alpha value is -1.82. The number of halogens is 3. The van der Waals surface area contributed by atoms with Gasteiger partial charge in [-0.3, -0.25) is 0 Å². The third-order valence-corrected chi connectivity index (χ3v) is 3.84. The Balaban J connectivity index is 2.16. The second-order valence-corrected chi connectivity index (χ2v) is 5.31. The van der Waals surface area contributed by atoms with Crippen molar-refractivity contribution in [3.63, 3.8) is 0 Å². The lowest BCUT2D eigenvalue weighted by Gasteiger charge is -2.18. The number of nitrogens with zero attached hydrogens (tertiary/aromatic N) is 2. The van der Waals surface area contributed by atoms with E-state index in [0.717, 1.165) is 30.2 Å². The van der Waals surface area contributed by atoms with E-state index < -0.39 is 11.7 Å². The molecule has 3 rings (SSSR count). The monoisotopic (exact) mass is 295 g/mol. The van der Waals surface area contributed by atoms with Gasteiger partial charge in [0.15, 0.2) is 0 Å². The van der Waals surface area contributed by atoms with Gasteiger partial charge >= 0.3 is 6.18 Å². The summed E-state index contributed by atoms with van der Waals surface area (Å²) < 4.78 is 41.1. The summed E-state index contributed by atoms with van der Waals surface area (Å²) in [5, 5.41) is 3.22. The highest BCUT2D eigenvalue weighted by Gasteiger charge is 2.33. The van der Waals surface area contributed by atoms with Crippen molar-refractivity contribution in [2.75, 3.05) is 6.54 Å². The Bertz CT molecular complexity index is 686. The summed E-state index contributed by atoms with van der Waals surface area (Å²) in [4.78, 5) is 4.46. The molecule has 112 valence electrons. The Morgan fingerprint density at radius 3 is 2.71 bits per heavy atom. The minimum Gasteiger partial charge on any atom is -0.311 e. The molecule has 0 bridgehead atoms. The van der Waals surface area contributed by atoms with Gasteiger partial charge in [-0.05, 0) is 31.5 Å². The molecule has 0 saturated heterocycles. The fourth-order valence-electron chi connectivity index (χ4n) is 2.84. The summed E-state index contributed by atoms with van der Waals surface area (Å²) in [6.07, 6.45) is -3.57. The molecule has 0 aliphatic carbocycles. The summed E-state index contributed by atoms with van der Waals surface area (Å²) >= 11 is 0. The van der Waals surface area contributed by atoms with Crippen LogP contribution >= 0.6 is 0 Å². The highest BCUT2D eigenvalue weighted by molar-refractivity contribution is 5.44. The van der Waals surface area contributed by atoms with Gasteiger partial charge in [-0.1, -0.05) is 6.07 Å². The molecule has 21 heavy (non-hydrogen) atoms. The van der Waals surface area contributed by atoms with E-state index in [0.29, 0.717) is 12.2 Å². The number of nitrogens with one attached hydrogen (secondary N) is 1. The molecule has 0 spiro atoms. The van der Waals surface area contributed by atoms with E-state index in [-0.39, 0.29) is 5.56 Å². The van der Waals surface area contributed by atoms with Crippen molar-refractivity contribution in [2.45, 2.75) is 33.0 Å². The number of hydrogen-bond donors (Lipinski definition) is 1. The first-order chi connectivity index (χ1) is 9.88. The molecule has 0 fully saturated rings. The maximum atomic E-state index is 13.1. The number of fused-ring (bicyclic) bond motifs is 1. The van der Waals surface area contributed by atoms with E-state index in [1.807, 2.05) is 11.5 Å². The summed E-state index contributed by atoms with van der Waals surface area (Å²) in [7, 11) is 0. The van der Waals surface area contributed by atoms with Crippen LogP contribution in [0, 0.1) is 13.8 Å². The van der Waals surface area contributed by atoms with Crippen LogP contribution in [0.5, 0.6) is 0 Å². The molecule has 0 saturated carbocycles. The molecule has 1 aromatic heterocycles. The van der Waals surface area contributed by atoms with Crippen LogP contribution in [0.1, 0.15) is 28.3 Å². The number of aryl methyl sites for hydroxylation is 2. The zero-order valence-corrected chi connectivity index (χ0v) is 11.9. The Labute approximate surface area is 120 Å². The number of imidazole rings is 1. The minimum absolute atomic E-state index is 0.236. The topological polar surface area (TPSA) is 29.9 Å². The van der Waals surface area contributed by atoms with Crippen molar-refractivity contribution in [3.8, 4) is 5.69 Å². The zero-order chi connectivity index (χ0) is 15.2. The van der Waals surface area contributed by atoms with Crippen LogP contribution in [0.4, 0.5) is 13.2 Å². The van der Waals surface area contributed by atoms with E-state index in [1.165, 1.54) is 19.1 Å². The molecule has 0 radical (unpaired) electrons. The summed E-state index contributed by atoms with van der Waals surface area (Å²) in [5.41, 5.74) is 2.10. The van der Waals surface area contributed by atoms with Crippen LogP contribution < -0.4 is 5.32 Å². The first-order valence-electron chi connectivity index (χ1n) is 6.84. The predicted molar refractivity (Wildman–Crippen MR) is 73.5 cm³/mol. The van der Waals surface area contributed by atoms with Crippen molar-refractivity contribution in [3.05, 3.63) is 46.5 Å². The number of hydrogen-bond acceptors (Lipinski definition) is 2. The summed E-state index contributed by atoms with van der Waals surface area (Å²) in [6.45, 7) is 4.79. The van der Waals surface area contributed by atoms with E-state index in [1.54, 1.807) is 6.07 Å². The van der Waals surface area contributed by atoms with Gasteiger partial charge in [0.1, 0.15) is 5.82 Å². The maximum absolute atomic E-state index is 13.1.